The molecule has 2 aromatic carbocycles. The molecular formula is C24H26N2O4S. The van der Waals surface area contributed by atoms with Crippen LogP contribution in [-0.4, -0.2) is 49.4 Å². The van der Waals surface area contributed by atoms with Crippen molar-refractivity contribution in [2.24, 2.45) is 0 Å². The lowest BCUT2D eigenvalue weighted by Gasteiger charge is -2.34. The van der Waals surface area contributed by atoms with Gasteiger partial charge in [-0.25, -0.2) is 8.42 Å². The topological polar surface area (TPSA) is 87.5 Å². The summed E-state index contributed by atoms with van der Waals surface area (Å²) in [6.07, 6.45) is 4.53. The summed E-state index contributed by atoms with van der Waals surface area (Å²) in [5, 5.41) is 8.92. The van der Waals surface area contributed by atoms with Gasteiger partial charge in [-0.2, -0.15) is 5.26 Å². The van der Waals surface area contributed by atoms with E-state index in [0.29, 0.717) is 17.7 Å². The lowest BCUT2D eigenvalue weighted by atomic mass is 10.0. The largest absolute Gasteiger partial charge is 0.484 e. The summed E-state index contributed by atoms with van der Waals surface area (Å²) in [6, 6.07) is 16.8. The summed E-state index contributed by atoms with van der Waals surface area (Å²) in [4.78, 5) is 14.8. The van der Waals surface area contributed by atoms with Crippen LogP contribution >= 0.6 is 0 Å². The number of benzene rings is 2. The number of ether oxygens (including phenoxy) is 1. The monoisotopic (exact) mass is 438 g/mol. The van der Waals surface area contributed by atoms with Crippen LogP contribution in [0.1, 0.15) is 37.7 Å². The molecule has 1 amide bonds. The Morgan fingerprint density at radius 2 is 1.58 bits per heavy atom. The Hall–Kier alpha value is -2.85. The molecule has 2 aromatic rings. The summed E-state index contributed by atoms with van der Waals surface area (Å²) >= 11 is 0. The number of carbonyl (C=O) groups is 1. The summed E-state index contributed by atoms with van der Waals surface area (Å²) in [5.41, 5.74) is 2.60. The molecule has 7 heteroatoms. The van der Waals surface area contributed by atoms with Gasteiger partial charge in [0.2, 0.25) is 0 Å². The van der Waals surface area contributed by atoms with E-state index < -0.39 is 9.84 Å². The molecule has 1 aliphatic heterocycles. The first-order valence-corrected chi connectivity index (χ1v) is 12.5. The average Bonchev–Trinajstić information content (AvgIpc) is 3.43. The molecule has 0 bridgehead atoms. The van der Waals surface area contributed by atoms with E-state index in [1.165, 1.54) is 0 Å². The molecule has 1 saturated carbocycles. The number of carbonyl (C=O) groups excluding carboxylic acids is 1. The molecule has 2 aliphatic rings. The molecule has 162 valence electrons. The van der Waals surface area contributed by atoms with E-state index in [4.69, 9.17) is 10.00 Å². The fraction of sp³-hybridized carbons (Fsp3) is 0.417. The van der Waals surface area contributed by atoms with Gasteiger partial charge in [0.15, 0.2) is 16.4 Å². The van der Waals surface area contributed by atoms with Crippen molar-refractivity contribution in [3.63, 3.8) is 0 Å². The number of nitriles is 1. The third kappa shape index (κ3) is 5.08. The third-order valence-corrected chi connectivity index (χ3v) is 7.92. The molecule has 1 heterocycles. The van der Waals surface area contributed by atoms with Crippen molar-refractivity contribution in [2.45, 2.75) is 44.2 Å². The number of sulfone groups is 1. The van der Waals surface area contributed by atoms with Gasteiger partial charge in [-0.05, 0) is 54.7 Å². The zero-order valence-electron chi connectivity index (χ0n) is 17.4. The van der Waals surface area contributed by atoms with Gasteiger partial charge in [0, 0.05) is 12.1 Å². The van der Waals surface area contributed by atoms with Crippen molar-refractivity contribution < 1.29 is 17.9 Å². The van der Waals surface area contributed by atoms with Crippen molar-refractivity contribution in [1.82, 2.24) is 4.90 Å². The lowest BCUT2D eigenvalue weighted by Crippen LogP contribution is -2.48. The molecule has 31 heavy (non-hydrogen) atoms. The maximum atomic E-state index is 13.0. The van der Waals surface area contributed by atoms with Gasteiger partial charge in [-0.3, -0.25) is 4.79 Å². The highest BCUT2D eigenvalue weighted by molar-refractivity contribution is 7.91. The molecule has 1 unspecified atom stereocenters. The van der Waals surface area contributed by atoms with Gasteiger partial charge in [0.05, 0.1) is 23.1 Å². The fourth-order valence-corrected chi connectivity index (χ4v) is 6.29. The molecule has 4 rings (SSSR count). The van der Waals surface area contributed by atoms with Gasteiger partial charge in [-0.1, -0.05) is 37.1 Å². The van der Waals surface area contributed by atoms with E-state index in [1.807, 2.05) is 41.3 Å². The van der Waals surface area contributed by atoms with Gasteiger partial charge in [0.25, 0.3) is 5.91 Å². The first-order valence-electron chi connectivity index (χ1n) is 10.7. The Morgan fingerprint density at radius 3 is 2.13 bits per heavy atom. The van der Waals surface area contributed by atoms with Crippen LogP contribution in [0.15, 0.2) is 48.5 Å². The molecule has 0 spiro atoms. The molecule has 2 fully saturated rings. The van der Waals surface area contributed by atoms with E-state index in [-0.39, 0.29) is 36.1 Å². The second-order valence-corrected chi connectivity index (χ2v) is 10.5. The summed E-state index contributed by atoms with van der Waals surface area (Å²) in [5.74, 6) is 0.682. The highest BCUT2D eigenvalue weighted by Crippen LogP contribution is 2.29. The van der Waals surface area contributed by atoms with E-state index in [1.54, 1.807) is 12.1 Å². The molecule has 1 atom stereocenters. The quantitative estimate of drug-likeness (QED) is 0.688. The molecule has 6 nitrogen and oxygen atoms in total. The Labute approximate surface area is 183 Å². The first kappa shape index (κ1) is 21.4. The summed E-state index contributed by atoms with van der Waals surface area (Å²) < 4.78 is 29.7. The van der Waals surface area contributed by atoms with E-state index in [9.17, 15) is 13.2 Å². The molecule has 0 radical (unpaired) electrons. The second-order valence-electron chi connectivity index (χ2n) is 8.30. The van der Waals surface area contributed by atoms with Gasteiger partial charge < -0.3 is 9.64 Å². The Morgan fingerprint density at radius 1 is 0.968 bits per heavy atom. The van der Waals surface area contributed by atoms with Crippen LogP contribution in [0.4, 0.5) is 0 Å². The van der Waals surface area contributed by atoms with Crippen molar-refractivity contribution in [3.8, 4) is 22.9 Å². The van der Waals surface area contributed by atoms with Crippen LogP contribution in [0.25, 0.3) is 11.1 Å². The zero-order valence-corrected chi connectivity index (χ0v) is 18.2. The smallest absolute Gasteiger partial charge is 0.261 e. The SMILES string of the molecule is N#Cc1ccc(-c2ccc(OCC(=O)N(C3CCCC3)C3CCS(=O)(=O)C3)cc2)cc1. The van der Waals surface area contributed by atoms with Gasteiger partial charge >= 0.3 is 0 Å². The minimum atomic E-state index is -3.06. The predicted octanol–water partition coefficient (Wildman–Crippen LogP) is 3.56. The van der Waals surface area contributed by atoms with Crippen LogP contribution < -0.4 is 4.74 Å². The van der Waals surface area contributed by atoms with Crippen LogP contribution in [0, 0.1) is 11.3 Å². The van der Waals surface area contributed by atoms with E-state index in [2.05, 4.69) is 6.07 Å². The molecule has 1 saturated heterocycles. The normalized spacial score (nSPS) is 20.3. The lowest BCUT2D eigenvalue weighted by molar-refractivity contribution is -0.137. The third-order valence-electron chi connectivity index (χ3n) is 6.17. The minimum absolute atomic E-state index is 0.0640. The standard InChI is InChI=1S/C24H26N2O4S/c25-15-18-5-7-19(8-6-18)20-9-11-23(12-10-20)30-16-24(27)26(21-3-1-2-4-21)22-13-14-31(28,29)17-22/h5-12,21-22H,1-4,13-14,16-17H2. The van der Waals surface area contributed by atoms with Gasteiger partial charge in [0.1, 0.15) is 5.75 Å². The number of nitrogens with zero attached hydrogens (tertiary/aromatic N) is 2. The number of rotatable bonds is 6. The number of hydrogen-bond donors (Lipinski definition) is 0. The van der Waals surface area contributed by atoms with Crippen LogP contribution in [0.2, 0.25) is 0 Å². The number of amides is 1. The predicted molar refractivity (Wildman–Crippen MR) is 118 cm³/mol. The Bertz CT molecular complexity index is 1070. The second kappa shape index (κ2) is 9.11. The average molecular weight is 439 g/mol. The zero-order chi connectivity index (χ0) is 21.8. The highest BCUT2D eigenvalue weighted by Gasteiger charge is 2.39. The summed E-state index contributed by atoms with van der Waals surface area (Å²) in [7, 11) is -3.06. The fourth-order valence-electron chi connectivity index (χ4n) is 4.58. The minimum Gasteiger partial charge on any atom is -0.484 e. The molecule has 1 aliphatic carbocycles. The van der Waals surface area contributed by atoms with Crippen LogP contribution in [0.3, 0.4) is 0 Å². The maximum absolute atomic E-state index is 13.0. The molecular weight excluding hydrogens is 412 g/mol. The van der Waals surface area contributed by atoms with Crippen molar-refractivity contribution in [1.29, 1.82) is 5.26 Å². The highest BCUT2D eigenvalue weighted by atomic mass is 32.2. The first-order chi connectivity index (χ1) is 14.9. The van der Waals surface area contributed by atoms with E-state index in [0.717, 1.165) is 36.8 Å². The molecule has 0 aromatic heterocycles. The van der Waals surface area contributed by atoms with Crippen molar-refractivity contribution in [3.05, 3.63) is 54.1 Å². The van der Waals surface area contributed by atoms with E-state index >= 15 is 0 Å². The van der Waals surface area contributed by atoms with Gasteiger partial charge in [-0.15, -0.1) is 0 Å². The van der Waals surface area contributed by atoms with Crippen LogP contribution in [-0.2, 0) is 14.6 Å². The van der Waals surface area contributed by atoms with Crippen LogP contribution in [0.5, 0.6) is 5.75 Å². The van der Waals surface area contributed by atoms with Crippen molar-refractivity contribution in [2.75, 3.05) is 18.1 Å². The Kier molecular flexibility index (Phi) is 6.28. The molecule has 0 N–H and O–H groups in total. The maximum Gasteiger partial charge on any atom is 0.261 e. The number of hydrogen-bond acceptors (Lipinski definition) is 5. The summed E-state index contributed by atoms with van der Waals surface area (Å²) in [6.45, 7) is -0.0940. The van der Waals surface area contributed by atoms with Crippen molar-refractivity contribution >= 4 is 15.7 Å². The Balaban J connectivity index is 1.40.